The number of carbonyl (C=O) groups excluding carboxylic acids is 2. The summed E-state index contributed by atoms with van der Waals surface area (Å²) in [6.07, 6.45) is -16.6. The molecule has 6 aliphatic rings. The summed E-state index contributed by atoms with van der Waals surface area (Å²) < 4.78 is 69.1. The molecule has 6 fully saturated rings. The average molecular weight is 1200 g/mol. The minimum atomic E-state index is -1.82. The second-order valence-electron chi connectivity index (χ2n) is 23.4. The van der Waals surface area contributed by atoms with E-state index in [0.29, 0.717) is 36.3 Å². The molecule has 20 atom stereocenters. The van der Waals surface area contributed by atoms with Crippen molar-refractivity contribution in [2.45, 2.75) is 181 Å². The summed E-state index contributed by atoms with van der Waals surface area (Å²) in [4.78, 5) is 30.5. The highest BCUT2D eigenvalue weighted by molar-refractivity contribution is 5.89. The van der Waals surface area contributed by atoms with Crippen molar-refractivity contribution in [1.29, 1.82) is 0 Å². The summed E-state index contributed by atoms with van der Waals surface area (Å²) in [6, 6.07) is 20.6. The predicted octanol–water partition coefficient (Wildman–Crippen LogP) is 1.85. The van der Waals surface area contributed by atoms with Crippen molar-refractivity contribution in [2.24, 2.45) is 11.8 Å². The zero-order valence-corrected chi connectivity index (χ0v) is 47.4. The number of likely N-dealkylation sites (tertiary alicyclic amines) is 1. The maximum atomic E-state index is 14.4. The quantitative estimate of drug-likeness (QED) is 0.0516. The van der Waals surface area contributed by atoms with Gasteiger partial charge in [0.1, 0.15) is 90.4 Å². The fourth-order valence-corrected chi connectivity index (χ4v) is 12.6. The summed E-state index contributed by atoms with van der Waals surface area (Å²) in [7, 11) is 0. The minimum absolute atomic E-state index is 0.0574. The van der Waals surface area contributed by atoms with Gasteiger partial charge in [0, 0.05) is 24.2 Å². The summed E-state index contributed by atoms with van der Waals surface area (Å²) in [6.45, 7) is 0.783. The molecule has 8 N–H and O–H groups in total. The predicted molar refractivity (Wildman–Crippen MR) is 296 cm³/mol. The van der Waals surface area contributed by atoms with Crippen molar-refractivity contribution < 1.29 is 92.7 Å². The zero-order chi connectivity index (χ0) is 60.2. The SMILES string of the molecule is CC1O[C@@H](OC2C(n3cc(-c4ccccc4)nn3)CC(CO[C@H]3OC(CO)[C@@H](O)C(n4cc(-c5cccc(F)c5)nn4)C3O)C[C@H]2O[C@@H]2OC(CO)[C@H](O)C(O[C@@H](CC3CCCCC3)C(=O)N3CCC3)C2OC(=O)c2ccccc2)C(O)C(O)[C@@H]1O. The van der Waals surface area contributed by atoms with Gasteiger partial charge in [-0.25, -0.2) is 18.5 Å². The Balaban J connectivity index is 0.959. The number of aliphatic hydroxyl groups excluding tert-OH is 8. The van der Waals surface area contributed by atoms with Crippen LogP contribution in [-0.4, -0.2) is 225 Å². The van der Waals surface area contributed by atoms with E-state index in [1.54, 1.807) is 35.4 Å². The van der Waals surface area contributed by atoms with E-state index in [4.69, 9.17) is 37.9 Å². The van der Waals surface area contributed by atoms with Gasteiger partial charge in [0.05, 0.1) is 56.0 Å². The third-order valence-electron chi connectivity index (χ3n) is 17.6. The van der Waals surface area contributed by atoms with Gasteiger partial charge in [0.15, 0.2) is 25.0 Å². The normalized spacial score (nSPS) is 34.7. The molecule has 2 aliphatic carbocycles. The Hall–Kier alpha value is -5.79. The number of carbonyl (C=O) groups is 2. The molecule has 11 rings (SSSR count). The first-order valence-corrected chi connectivity index (χ1v) is 29.7. The van der Waals surface area contributed by atoms with E-state index in [9.17, 15) is 54.8 Å². The third-order valence-corrected chi connectivity index (χ3v) is 17.6. The molecule has 0 radical (unpaired) electrons. The monoisotopic (exact) mass is 1200 g/mol. The Morgan fingerprint density at radius 1 is 0.651 bits per heavy atom. The molecule has 0 spiro atoms. The Morgan fingerprint density at radius 2 is 1.31 bits per heavy atom. The average Bonchev–Trinajstić information content (AvgIpc) is 3.29. The van der Waals surface area contributed by atoms with E-state index < -0.39 is 147 Å². The molecular formula is C60H76FN7O18. The highest BCUT2D eigenvalue weighted by Crippen LogP contribution is 2.43. The minimum Gasteiger partial charge on any atom is -0.450 e. The highest BCUT2D eigenvalue weighted by atomic mass is 19.1. The fraction of sp³-hybridized carbons (Fsp3) is 0.600. The molecule has 12 unspecified atom stereocenters. The number of aromatic nitrogens is 6. The van der Waals surface area contributed by atoms with Crippen molar-refractivity contribution in [3.8, 4) is 22.5 Å². The largest absolute Gasteiger partial charge is 0.450 e. The van der Waals surface area contributed by atoms with E-state index in [-0.39, 0.29) is 42.5 Å². The Morgan fingerprint density at radius 3 is 2.01 bits per heavy atom. The van der Waals surface area contributed by atoms with Crippen LogP contribution < -0.4 is 0 Å². The van der Waals surface area contributed by atoms with Gasteiger partial charge in [-0.15, -0.1) is 10.2 Å². The van der Waals surface area contributed by atoms with Gasteiger partial charge in [0.2, 0.25) is 0 Å². The maximum Gasteiger partial charge on any atom is 0.338 e. The molecule has 25 nitrogen and oxygen atoms in total. The van der Waals surface area contributed by atoms with Crippen molar-refractivity contribution in [3.63, 3.8) is 0 Å². The zero-order valence-electron chi connectivity index (χ0n) is 47.4. The number of nitrogens with zero attached hydrogens (tertiary/aromatic N) is 7. The molecule has 26 heteroatoms. The molecule has 4 aliphatic heterocycles. The number of esters is 1. The maximum absolute atomic E-state index is 14.4. The second kappa shape index (κ2) is 27.7. The first-order chi connectivity index (χ1) is 41.7. The molecule has 4 saturated heterocycles. The van der Waals surface area contributed by atoms with Gasteiger partial charge in [0.25, 0.3) is 5.91 Å². The van der Waals surface area contributed by atoms with Crippen LogP contribution in [0.5, 0.6) is 0 Å². The Labute approximate surface area is 495 Å². The second-order valence-corrected chi connectivity index (χ2v) is 23.4. The summed E-state index contributed by atoms with van der Waals surface area (Å²) >= 11 is 0. The molecule has 1 amide bonds. The Kier molecular flexibility index (Phi) is 19.9. The first kappa shape index (κ1) is 61.8. The lowest BCUT2D eigenvalue weighted by Gasteiger charge is -2.49. The van der Waals surface area contributed by atoms with Crippen molar-refractivity contribution in [1.82, 2.24) is 34.9 Å². The van der Waals surface area contributed by atoms with E-state index in [1.807, 2.05) is 30.3 Å². The molecule has 3 aromatic carbocycles. The van der Waals surface area contributed by atoms with Crippen LogP contribution in [-0.2, 0) is 42.7 Å². The topological polar surface area (TPSA) is 334 Å². The van der Waals surface area contributed by atoms with E-state index in [2.05, 4.69) is 20.6 Å². The number of hydrogen-bond donors (Lipinski definition) is 8. The fourth-order valence-electron chi connectivity index (χ4n) is 12.6. The molecule has 86 heavy (non-hydrogen) atoms. The molecule has 5 aromatic rings. The van der Waals surface area contributed by atoms with Crippen LogP contribution in [0.2, 0.25) is 0 Å². The number of aliphatic hydroxyl groups is 8. The van der Waals surface area contributed by atoms with E-state index in [0.717, 1.165) is 38.5 Å². The van der Waals surface area contributed by atoms with Crippen LogP contribution in [0.4, 0.5) is 4.39 Å². The number of ether oxygens (including phenoxy) is 8. The summed E-state index contributed by atoms with van der Waals surface area (Å²) in [5.74, 6) is -2.22. The number of rotatable bonds is 20. The van der Waals surface area contributed by atoms with E-state index in [1.165, 1.54) is 52.8 Å². The third kappa shape index (κ3) is 13.6. The van der Waals surface area contributed by atoms with Gasteiger partial charge in [-0.1, -0.05) is 103 Å². The lowest BCUT2D eigenvalue weighted by Crippen LogP contribution is -2.64. The summed E-state index contributed by atoms with van der Waals surface area (Å²) in [5, 5.41) is 108. The lowest BCUT2D eigenvalue weighted by atomic mass is 9.81. The Bertz CT molecular complexity index is 3000. The van der Waals surface area contributed by atoms with Gasteiger partial charge in [-0.3, -0.25) is 4.79 Å². The van der Waals surface area contributed by atoms with Gasteiger partial charge >= 0.3 is 5.97 Å². The van der Waals surface area contributed by atoms with Crippen LogP contribution >= 0.6 is 0 Å². The van der Waals surface area contributed by atoms with Gasteiger partial charge < -0.3 is 83.6 Å². The number of amides is 1. The van der Waals surface area contributed by atoms with E-state index >= 15 is 0 Å². The molecule has 0 bridgehead atoms. The number of benzene rings is 3. The lowest BCUT2D eigenvalue weighted by molar-refractivity contribution is -0.350. The van der Waals surface area contributed by atoms with Crippen molar-refractivity contribution >= 4 is 11.9 Å². The molecule has 2 aromatic heterocycles. The summed E-state index contributed by atoms with van der Waals surface area (Å²) in [5.41, 5.74) is 1.89. The number of halogens is 1. The highest BCUT2D eigenvalue weighted by Gasteiger charge is 2.55. The van der Waals surface area contributed by atoms with Crippen molar-refractivity contribution in [3.05, 3.63) is 109 Å². The van der Waals surface area contributed by atoms with Gasteiger partial charge in [-0.2, -0.15) is 0 Å². The molecular weight excluding hydrogens is 1130 g/mol. The van der Waals surface area contributed by atoms with Crippen molar-refractivity contribution in [2.75, 3.05) is 32.9 Å². The van der Waals surface area contributed by atoms with Crippen LogP contribution in [0.1, 0.15) is 87.2 Å². The standard InChI is InChI=1S/C60H76FN7O18/c1-32-47(71)51(75)52(76)59(80-32)86-53-41(67-27-39(62-64-67)35-15-7-3-8-16-35)23-34(31-79-58-50(74)46(48(72)44(29-69)83-58)68-28-40(63-65-68)37-19-11-20-38(61)26-37)25-42(53)82-60-55(85-57(78)36-17-9-4-10-18-36)54(49(73)45(30-70)84-60)81-43(56(77)66-21-12-22-66)24-33-13-5-2-6-14-33/h3-4,7-11,15-20,26-28,32-34,41-55,58-60,69-76H,2,5-6,12-14,21-25,29-31H2,1H3/t32?,34?,41?,42-,43+,44?,45?,46?,47-,48-,49+,50?,51?,52?,53?,54?,55?,58+,59+,60-/m1/s1. The smallest absolute Gasteiger partial charge is 0.338 e. The van der Waals surface area contributed by atoms with Crippen LogP contribution in [0.15, 0.2) is 97.3 Å². The van der Waals surface area contributed by atoms with Crippen LogP contribution in [0.3, 0.4) is 0 Å². The first-order valence-electron chi connectivity index (χ1n) is 29.7. The van der Waals surface area contributed by atoms with Crippen LogP contribution in [0.25, 0.3) is 22.5 Å². The van der Waals surface area contributed by atoms with Crippen LogP contribution in [0, 0.1) is 17.7 Å². The number of hydrogen-bond acceptors (Lipinski definition) is 22. The molecule has 2 saturated carbocycles. The molecule has 6 heterocycles. The molecule has 466 valence electrons. The van der Waals surface area contributed by atoms with Gasteiger partial charge in [-0.05, 0) is 68.7 Å².